The molecule has 0 bridgehead atoms. The van der Waals surface area contributed by atoms with Crippen LogP contribution < -0.4 is 10.6 Å². The van der Waals surface area contributed by atoms with E-state index >= 15 is 0 Å². The molecule has 1 amide bonds. The molecule has 5 nitrogen and oxygen atoms in total. The van der Waals surface area contributed by atoms with Gasteiger partial charge in [-0.25, -0.2) is 4.98 Å². The first kappa shape index (κ1) is 15.5. The molecule has 0 aliphatic carbocycles. The van der Waals surface area contributed by atoms with Crippen molar-refractivity contribution in [2.75, 3.05) is 11.9 Å². The van der Waals surface area contributed by atoms with Crippen molar-refractivity contribution in [2.45, 2.75) is 18.3 Å². The number of carbonyl (C=O) groups excluding carboxylic acids is 1. The molecule has 7 heteroatoms. The number of hydrogen-bond acceptors (Lipinski definition) is 3. The number of carbonyl (C=O) groups is 1. The Morgan fingerprint density at radius 1 is 1.55 bits per heavy atom. The van der Waals surface area contributed by atoms with Crippen LogP contribution in [0, 0.1) is 0 Å². The maximum atomic E-state index is 12.5. The predicted octanol–water partition coefficient (Wildman–Crippen LogP) is 2.87. The number of amides is 1. The minimum Gasteiger partial charge on any atom is -0.327 e. The summed E-state index contributed by atoms with van der Waals surface area (Å²) in [4.78, 5) is 17.0. The monoisotopic (exact) mass is 382 g/mol. The lowest BCUT2D eigenvalue weighted by Crippen LogP contribution is -2.24. The lowest BCUT2D eigenvalue weighted by Gasteiger charge is -2.13. The van der Waals surface area contributed by atoms with Crippen LogP contribution in [0.2, 0.25) is 5.02 Å². The number of alkyl halides is 1. The molecule has 0 unspecified atom stereocenters. The van der Waals surface area contributed by atoms with Gasteiger partial charge in [0.05, 0.1) is 16.4 Å². The van der Waals surface area contributed by atoms with E-state index < -0.39 is 0 Å². The van der Waals surface area contributed by atoms with Crippen LogP contribution in [0.25, 0.3) is 0 Å². The Kier molecular flexibility index (Phi) is 4.52. The summed E-state index contributed by atoms with van der Waals surface area (Å²) in [6, 6.07) is 5.57. The van der Waals surface area contributed by atoms with Gasteiger partial charge >= 0.3 is 0 Å². The molecule has 116 valence electrons. The van der Waals surface area contributed by atoms with Crippen molar-refractivity contribution in [1.29, 1.82) is 0 Å². The number of fused-ring (bicyclic) bond motifs is 1. The third-order valence-electron chi connectivity index (χ3n) is 3.80. The van der Waals surface area contributed by atoms with Gasteiger partial charge in [-0.3, -0.25) is 4.79 Å². The quantitative estimate of drug-likeness (QED) is 0.801. The summed E-state index contributed by atoms with van der Waals surface area (Å²) in [5.74, 6) is 0.166. The fraction of sp³-hybridized carbons (Fsp3) is 0.333. The Hall–Kier alpha value is -1.37. The SMILES string of the molecule is Cn1c(C(=O)Nc2cccc(CBr)c2Cl)nc2c1CCNC2. The molecule has 0 saturated carbocycles. The zero-order valence-electron chi connectivity index (χ0n) is 12.1. The smallest absolute Gasteiger partial charge is 0.291 e. The van der Waals surface area contributed by atoms with Crippen LogP contribution >= 0.6 is 27.5 Å². The van der Waals surface area contributed by atoms with Gasteiger partial charge in [0, 0.05) is 37.6 Å². The average Bonchev–Trinajstić information content (AvgIpc) is 2.87. The van der Waals surface area contributed by atoms with Gasteiger partial charge in [-0.05, 0) is 11.6 Å². The summed E-state index contributed by atoms with van der Waals surface area (Å²) in [6.45, 7) is 1.61. The third kappa shape index (κ3) is 2.78. The van der Waals surface area contributed by atoms with Crippen LogP contribution in [0.1, 0.15) is 27.6 Å². The van der Waals surface area contributed by atoms with E-state index in [1.165, 1.54) is 0 Å². The van der Waals surface area contributed by atoms with Gasteiger partial charge in [0.15, 0.2) is 5.82 Å². The maximum Gasteiger partial charge on any atom is 0.291 e. The summed E-state index contributed by atoms with van der Waals surface area (Å²) in [5, 5.41) is 7.30. The lowest BCUT2D eigenvalue weighted by molar-refractivity contribution is 0.101. The van der Waals surface area contributed by atoms with Crippen molar-refractivity contribution in [1.82, 2.24) is 14.9 Å². The van der Waals surface area contributed by atoms with Gasteiger partial charge < -0.3 is 15.2 Å². The van der Waals surface area contributed by atoms with E-state index in [0.29, 0.717) is 28.4 Å². The first-order chi connectivity index (χ1) is 10.6. The third-order valence-corrected chi connectivity index (χ3v) is 4.85. The van der Waals surface area contributed by atoms with Gasteiger partial charge in [-0.15, -0.1) is 0 Å². The molecule has 1 aliphatic rings. The Morgan fingerprint density at radius 3 is 3.09 bits per heavy atom. The van der Waals surface area contributed by atoms with Gasteiger partial charge in [0.25, 0.3) is 5.91 Å². The molecule has 22 heavy (non-hydrogen) atoms. The molecule has 2 heterocycles. The second kappa shape index (κ2) is 6.40. The minimum absolute atomic E-state index is 0.245. The first-order valence-corrected chi connectivity index (χ1v) is 8.51. The highest BCUT2D eigenvalue weighted by Gasteiger charge is 2.22. The fourth-order valence-corrected chi connectivity index (χ4v) is 3.49. The largest absolute Gasteiger partial charge is 0.327 e. The van der Waals surface area contributed by atoms with Crippen LogP contribution in [0.5, 0.6) is 0 Å². The van der Waals surface area contributed by atoms with Gasteiger partial charge in [0.1, 0.15) is 0 Å². The van der Waals surface area contributed by atoms with Crippen LogP contribution in [0.3, 0.4) is 0 Å². The van der Waals surface area contributed by atoms with Crippen LogP contribution in [0.4, 0.5) is 5.69 Å². The van der Waals surface area contributed by atoms with E-state index in [4.69, 9.17) is 11.6 Å². The zero-order chi connectivity index (χ0) is 15.7. The Labute approximate surface area is 142 Å². The van der Waals surface area contributed by atoms with Gasteiger partial charge in [0.2, 0.25) is 0 Å². The Bertz CT molecular complexity index is 729. The number of nitrogens with zero attached hydrogens (tertiary/aromatic N) is 2. The summed E-state index contributed by atoms with van der Waals surface area (Å²) in [7, 11) is 1.88. The van der Waals surface area contributed by atoms with Gasteiger partial charge in [-0.1, -0.05) is 39.7 Å². The summed E-state index contributed by atoms with van der Waals surface area (Å²) < 4.78 is 1.87. The summed E-state index contributed by atoms with van der Waals surface area (Å²) >= 11 is 9.68. The number of aromatic nitrogens is 2. The van der Waals surface area contributed by atoms with E-state index in [2.05, 4.69) is 31.5 Å². The topological polar surface area (TPSA) is 59.0 Å². The number of nitrogens with one attached hydrogen (secondary N) is 2. The molecule has 2 aromatic rings. The molecule has 0 spiro atoms. The van der Waals surface area contributed by atoms with Crippen molar-refractivity contribution < 1.29 is 4.79 Å². The molecule has 1 aromatic carbocycles. The van der Waals surface area contributed by atoms with Gasteiger partial charge in [-0.2, -0.15) is 0 Å². The summed E-state index contributed by atoms with van der Waals surface area (Å²) in [6.07, 6.45) is 0.881. The number of rotatable bonds is 3. The molecule has 1 aromatic heterocycles. The van der Waals surface area contributed by atoms with Crippen molar-refractivity contribution in [3.05, 3.63) is 46.0 Å². The zero-order valence-corrected chi connectivity index (χ0v) is 14.5. The molecule has 0 saturated heterocycles. The average molecular weight is 384 g/mol. The first-order valence-electron chi connectivity index (χ1n) is 7.01. The predicted molar refractivity (Wildman–Crippen MR) is 90.7 cm³/mol. The minimum atomic E-state index is -0.245. The molecule has 1 aliphatic heterocycles. The van der Waals surface area contributed by atoms with E-state index in [9.17, 15) is 4.79 Å². The fourth-order valence-electron chi connectivity index (χ4n) is 2.62. The number of imidazole rings is 1. The Balaban J connectivity index is 1.88. The molecule has 0 fully saturated rings. The number of anilines is 1. The van der Waals surface area contributed by atoms with Crippen molar-refractivity contribution in [3.63, 3.8) is 0 Å². The van der Waals surface area contributed by atoms with Crippen LogP contribution in [0.15, 0.2) is 18.2 Å². The second-order valence-electron chi connectivity index (χ2n) is 5.18. The summed E-state index contributed by atoms with van der Waals surface area (Å²) in [5.41, 5.74) is 3.59. The van der Waals surface area contributed by atoms with Crippen LogP contribution in [-0.2, 0) is 25.3 Å². The number of halogens is 2. The maximum absolute atomic E-state index is 12.5. The standard InChI is InChI=1S/C15H16BrClN4O/c1-21-12-5-6-18-8-11(12)19-14(21)15(22)20-10-4-2-3-9(7-16)13(10)17/h2-4,18H,5-8H2,1H3,(H,20,22). The van der Waals surface area contributed by atoms with Crippen molar-refractivity contribution in [2.24, 2.45) is 7.05 Å². The van der Waals surface area contributed by atoms with E-state index in [1.54, 1.807) is 6.07 Å². The van der Waals surface area contributed by atoms with E-state index in [0.717, 1.165) is 29.9 Å². The van der Waals surface area contributed by atoms with E-state index in [1.807, 2.05) is 23.7 Å². The Morgan fingerprint density at radius 2 is 2.36 bits per heavy atom. The highest BCUT2D eigenvalue weighted by Crippen LogP contribution is 2.28. The van der Waals surface area contributed by atoms with Crippen LogP contribution in [-0.4, -0.2) is 22.0 Å². The molecular formula is C15H16BrClN4O. The second-order valence-corrected chi connectivity index (χ2v) is 6.12. The lowest BCUT2D eigenvalue weighted by atomic mass is 10.2. The number of benzene rings is 1. The molecule has 0 atom stereocenters. The highest BCUT2D eigenvalue weighted by molar-refractivity contribution is 9.08. The molecule has 0 radical (unpaired) electrons. The molecule has 3 rings (SSSR count). The van der Waals surface area contributed by atoms with Crippen molar-refractivity contribution in [3.8, 4) is 0 Å². The van der Waals surface area contributed by atoms with Crippen molar-refractivity contribution >= 4 is 39.1 Å². The highest BCUT2D eigenvalue weighted by atomic mass is 79.9. The number of hydrogen-bond donors (Lipinski definition) is 2. The normalized spacial score (nSPS) is 13.8. The molecular weight excluding hydrogens is 368 g/mol. The molecule has 2 N–H and O–H groups in total. The van der Waals surface area contributed by atoms with E-state index in [-0.39, 0.29) is 5.91 Å².